The van der Waals surface area contributed by atoms with Gasteiger partial charge in [-0.25, -0.2) is 4.79 Å². The molecule has 1 fully saturated rings. The van der Waals surface area contributed by atoms with Gasteiger partial charge in [-0.3, -0.25) is 10.1 Å². The van der Waals surface area contributed by atoms with E-state index in [1.54, 1.807) is 13.0 Å². The minimum Gasteiger partial charge on any atom is -0.463 e. The lowest BCUT2D eigenvalue weighted by atomic mass is 9.86. The summed E-state index contributed by atoms with van der Waals surface area (Å²) in [7, 11) is 0. The average Bonchev–Trinajstić information content (AvgIpc) is 2.79. The normalized spacial score (nSPS) is 34.6. The second kappa shape index (κ2) is 12.7. The maximum Gasteiger partial charge on any atom is 0.333 e. The van der Waals surface area contributed by atoms with Crippen molar-refractivity contribution in [1.82, 2.24) is 10.6 Å². The molecular formula is C22H38N2O9. The summed E-state index contributed by atoms with van der Waals surface area (Å²) in [6, 6.07) is -1.28. The zero-order valence-corrected chi connectivity index (χ0v) is 19.6. The summed E-state index contributed by atoms with van der Waals surface area (Å²) in [5.74, 6) is -0.829. The molecule has 0 radical (unpaired) electrons. The lowest BCUT2D eigenvalue weighted by Crippen LogP contribution is -2.67. The van der Waals surface area contributed by atoms with Crippen molar-refractivity contribution in [2.24, 2.45) is 0 Å². The first-order valence-corrected chi connectivity index (χ1v) is 11.5. The summed E-state index contributed by atoms with van der Waals surface area (Å²) in [5, 5.41) is 46.0. The molecule has 33 heavy (non-hydrogen) atoms. The molecule has 8 atom stereocenters. The molecule has 0 aromatic carbocycles. The molecule has 6 N–H and O–H groups in total. The van der Waals surface area contributed by atoms with Crippen LogP contribution in [0.15, 0.2) is 11.6 Å². The van der Waals surface area contributed by atoms with Crippen LogP contribution in [-0.4, -0.2) is 100 Å². The van der Waals surface area contributed by atoms with Crippen molar-refractivity contribution >= 4 is 11.9 Å². The lowest BCUT2D eigenvalue weighted by molar-refractivity contribution is -0.239. The quantitative estimate of drug-likeness (QED) is 0.210. The van der Waals surface area contributed by atoms with Crippen LogP contribution in [0.4, 0.5) is 0 Å². The predicted octanol–water partition coefficient (Wildman–Crippen LogP) is -1.28. The number of amides is 1. The van der Waals surface area contributed by atoms with E-state index in [-0.39, 0.29) is 25.0 Å². The van der Waals surface area contributed by atoms with Gasteiger partial charge >= 0.3 is 5.97 Å². The molecule has 0 aromatic rings. The fourth-order valence-corrected chi connectivity index (χ4v) is 4.20. The van der Waals surface area contributed by atoms with Gasteiger partial charge < -0.3 is 40.0 Å². The highest BCUT2D eigenvalue weighted by Crippen LogP contribution is 2.27. The summed E-state index contributed by atoms with van der Waals surface area (Å²) < 4.78 is 17.0. The molecule has 2 rings (SSSR count). The molecule has 190 valence electrons. The van der Waals surface area contributed by atoms with Crippen molar-refractivity contribution in [3.05, 3.63) is 11.6 Å². The van der Waals surface area contributed by atoms with Crippen molar-refractivity contribution in [3.63, 3.8) is 0 Å². The molecule has 2 aliphatic rings. The minimum absolute atomic E-state index is 0.114. The number of aliphatic hydroxyl groups excluding tert-OH is 4. The van der Waals surface area contributed by atoms with Crippen LogP contribution in [0.2, 0.25) is 0 Å². The van der Waals surface area contributed by atoms with Gasteiger partial charge in [0.15, 0.2) is 0 Å². The maximum absolute atomic E-state index is 12.5. The van der Waals surface area contributed by atoms with Gasteiger partial charge in [0.2, 0.25) is 5.91 Å². The minimum atomic E-state index is -1.56. The Labute approximate surface area is 194 Å². The van der Waals surface area contributed by atoms with Crippen molar-refractivity contribution < 1.29 is 44.2 Å². The first-order valence-electron chi connectivity index (χ1n) is 11.5. The highest BCUT2D eigenvalue weighted by Gasteiger charge is 2.46. The molecule has 1 heterocycles. The van der Waals surface area contributed by atoms with Gasteiger partial charge in [-0.15, -0.1) is 0 Å². The summed E-state index contributed by atoms with van der Waals surface area (Å²) in [5.41, 5.74) is 0.344. The van der Waals surface area contributed by atoms with Gasteiger partial charge in [0.25, 0.3) is 0 Å². The number of hydrogen-bond donors (Lipinski definition) is 6. The number of carbonyl (C=O) groups excluding carboxylic acids is 2. The third-order valence-electron chi connectivity index (χ3n) is 6.03. The third-order valence-corrected chi connectivity index (χ3v) is 6.03. The third kappa shape index (κ3) is 6.95. The standard InChI is InChI=1S/C22H38N2O9/c1-5-13(6-2)32-15-9-12(22(30)31-7-3)8-14(17(15)23-11(4)26)24-21-20(29)19(28)18(27)16(10-25)33-21/h9,13-21,24-25,27-29H,5-8,10H2,1-4H3,(H,23,26)/t14-,15?,16-,17+,18-,19+,20-,21-/m0/s1. The van der Waals surface area contributed by atoms with E-state index in [0.717, 1.165) is 12.8 Å². The number of aliphatic hydroxyl groups is 4. The zero-order valence-electron chi connectivity index (χ0n) is 19.6. The summed E-state index contributed by atoms with van der Waals surface area (Å²) in [6.07, 6.45) is -4.40. The Morgan fingerprint density at radius 2 is 1.82 bits per heavy atom. The van der Waals surface area contributed by atoms with E-state index in [2.05, 4.69) is 10.6 Å². The van der Waals surface area contributed by atoms with Gasteiger partial charge in [0.05, 0.1) is 31.5 Å². The Morgan fingerprint density at radius 1 is 1.15 bits per heavy atom. The van der Waals surface area contributed by atoms with Crippen LogP contribution in [0.5, 0.6) is 0 Å². The van der Waals surface area contributed by atoms with Crippen LogP contribution in [0, 0.1) is 0 Å². The van der Waals surface area contributed by atoms with Crippen LogP contribution in [0.25, 0.3) is 0 Å². The molecule has 1 unspecified atom stereocenters. The number of rotatable bonds is 10. The number of carbonyl (C=O) groups is 2. The fourth-order valence-electron chi connectivity index (χ4n) is 4.20. The van der Waals surface area contributed by atoms with Crippen LogP contribution in [-0.2, 0) is 23.8 Å². The van der Waals surface area contributed by atoms with E-state index in [9.17, 15) is 30.0 Å². The zero-order chi connectivity index (χ0) is 24.7. The van der Waals surface area contributed by atoms with E-state index >= 15 is 0 Å². The predicted molar refractivity (Wildman–Crippen MR) is 117 cm³/mol. The molecule has 0 spiro atoms. The van der Waals surface area contributed by atoms with Gasteiger partial charge in [-0.2, -0.15) is 0 Å². The van der Waals surface area contributed by atoms with Crippen LogP contribution in [0.3, 0.4) is 0 Å². The van der Waals surface area contributed by atoms with Crippen molar-refractivity contribution in [2.45, 2.75) is 102 Å². The molecule has 11 heteroatoms. The van der Waals surface area contributed by atoms with E-state index < -0.39 is 61.4 Å². The van der Waals surface area contributed by atoms with E-state index in [1.807, 2.05) is 13.8 Å². The Bertz CT molecular complexity index is 683. The highest BCUT2D eigenvalue weighted by molar-refractivity contribution is 5.89. The Balaban J connectivity index is 2.36. The summed E-state index contributed by atoms with van der Waals surface area (Å²) >= 11 is 0. The van der Waals surface area contributed by atoms with Crippen LogP contribution in [0.1, 0.15) is 47.0 Å². The van der Waals surface area contributed by atoms with Crippen molar-refractivity contribution in [2.75, 3.05) is 13.2 Å². The molecule has 0 bridgehead atoms. The molecular weight excluding hydrogens is 436 g/mol. The average molecular weight is 475 g/mol. The molecule has 11 nitrogen and oxygen atoms in total. The second-order valence-electron chi connectivity index (χ2n) is 8.40. The van der Waals surface area contributed by atoms with Gasteiger partial charge in [-0.05, 0) is 32.3 Å². The SMILES string of the molecule is CCOC(=O)C1=CC(OC(CC)CC)[C@H](NC(C)=O)[C@@H](N[C@H]2O[C@@H](CO)[C@H](O)[C@@H](O)[C@@H]2O)C1. The van der Waals surface area contributed by atoms with Gasteiger partial charge in [-0.1, -0.05) is 13.8 Å². The second-order valence-corrected chi connectivity index (χ2v) is 8.40. The number of esters is 1. The first kappa shape index (κ1) is 27.6. The number of ether oxygens (including phenoxy) is 3. The van der Waals surface area contributed by atoms with Crippen LogP contribution >= 0.6 is 0 Å². The fraction of sp³-hybridized carbons (Fsp3) is 0.818. The Morgan fingerprint density at radius 3 is 2.36 bits per heavy atom. The Hall–Kier alpha value is -1.60. The van der Waals surface area contributed by atoms with E-state index in [1.165, 1.54) is 6.92 Å². The molecule has 1 aliphatic carbocycles. The van der Waals surface area contributed by atoms with E-state index in [0.29, 0.717) is 5.57 Å². The highest BCUT2D eigenvalue weighted by atomic mass is 16.6. The maximum atomic E-state index is 12.5. The molecule has 1 saturated heterocycles. The Kier molecular flexibility index (Phi) is 10.7. The molecule has 1 aliphatic heterocycles. The summed E-state index contributed by atoms with van der Waals surface area (Å²) in [4.78, 5) is 24.5. The van der Waals surface area contributed by atoms with Gasteiger partial charge in [0.1, 0.15) is 30.6 Å². The molecule has 1 amide bonds. The molecule has 0 saturated carbocycles. The van der Waals surface area contributed by atoms with Crippen LogP contribution < -0.4 is 10.6 Å². The van der Waals surface area contributed by atoms with Gasteiger partial charge in [0, 0.05) is 18.5 Å². The summed E-state index contributed by atoms with van der Waals surface area (Å²) in [6.45, 7) is 6.63. The monoisotopic (exact) mass is 474 g/mol. The van der Waals surface area contributed by atoms with Crippen molar-refractivity contribution in [3.8, 4) is 0 Å². The number of hydrogen-bond acceptors (Lipinski definition) is 10. The number of nitrogens with one attached hydrogen (secondary N) is 2. The largest absolute Gasteiger partial charge is 0.463 e. The molecule has 0 aromatic heterocycles. The van der Waals surface area contributed by atoms with Crippen molar-refractivity contribution in [1.29, 1.82) is 0 Å². The smallest absolute Gasteiger partial charge is 0.333 e. The first-order chi connectivity index (χ1) is 15.7. The topological polar surface area (TPSA) is 167 Å². The van der Waals surface area contributed by atoms with E-state index in [4.69, 9.17) is 14.2 Å². The lowest BCUT2D eigenvalue weighted by Gasteiger charge is -2.44.